The zero-order valence-electron chi connectivity index (χ0n) is 15.9. The van der Waals surface area contributed by atoms with Gasteiger partial charge in [-0.2, -0.15) is 0 Å². The van der Waals surface area contributed by atoms with Crippen molar-refractivity contribution in [2.24, 2.45) is 0 Å². The summed E-state index contributed by atoms with van der Waals surface area (Å²) in [5.74, 6) is 0.566. The Hall–Kier alpha value is -3.06. The average molecular weight is 415 g/mol. The average Bonchev–Trinajstić information content (AvgIpc) is 3.23. The Morgan fingerprint density at radius 1 is 1.14 bits per heavy atom. The number of rotatable bonds is 4. The van der Waals surface area contributed by atoms with Crippen molar-refractivity contribution in [2.45, 2.75) is 0 Å². The first kappa shape index (κ1) is 19.3. The molecule has 2 heterocycles. The standard InChI is InChI=1S/C21H20ClFN4O2/c1-29-16-5-2-4-15(14-16)27-9-8-24-21(27)26-12-10-25(11-13-26)20(28)19-17(22)6-3-7-18(19)23/h2-9,14H,10-13H2,1H3. The monoisotopic (exact) mass is 414 g/mol. The van der Waals surface area contributed by atoms with E-state index in [-0.39, 0.29) is 16.5 Å². The second-order valence-electron chi connectivity index (χ2n) is 6.67. The number of nitrogens with zero attached hydrogens (tertiary/aromatic N) is 4. The molecular formula is C21H20ClFN4O2. The highest BCUT2D eigenvalue weighted by molar-refractivity contribution is 6.33. The SMILES string of the molecule is COc1cccc(-n2ccnc2N2CCN(C(=O)c3c(F)cccc3Cl)CC2)c1. The summed E-state index contributed by atoms with van der Waals surface area (Å²) in [4.78, 5) is 21.0. The lowest BCUT2D eigenvalue weighted by Gasteiger charge is -2.35. The maximum atomic E-state index is 14.1. The number of amides is 1. The van der Waals surface area contributed by atoms with Gasteiger partial charge < -0.3 is 14.5 Å². The Bertz CT molecular complexity index is 1010. The molecule has 2 aromatic carbocycles. The quantitative estimate of drug-likeness (QED) is 0.654. The maximum Gasteiger partial charge on any atom is 0.258 e. The Labute approximate surface area is 173 Å². The molecule has 0 bridgehead atoms. The van der Waals surface area contributed by atoms with E-state index < -0.39 is 5.82 Å². The molecule has 0 N–H and O–H groups in total. The minimum Gasteiger partial charge on any atom is -0.497 e. The summed E-state index contributed by atoms with van der Waals surface area (Å²) in [6.45, 7) is 2.07. The van der Waals surface area contributed by atoms with Gasteiger partial charge in [-0.15, -0.1) is 0 Å². The lowest BCUT2D eigenvalue weighted by atomic mass is 10.1. The van der Waals surface area contributed by atoms with E-state index in [1.165, 1.54) is 18.2 Å². The number of methoxy groups -OCH3 is 1. The van der Waals surface area contributed by atoms with Gasteiger partial charge in [-0.25, -0.2) is 9.37 Å². The third kappa shape index (κ3) is 3.78. The van der Waals surface area contributed by atoms with Gasteiger partial charge in [-0.1, -0.05) is 23.7 Å². The number of carbonyl (C=O) groups excluding carboxylic acids is 1. The van der Waals surface area contributed by atoms with Crippen molar-refractivity contribution >= 4 is 23.5 Å². The molecule has 0 spiro atoms. The van der Waals surface area contributed by atoms with Crippen LogP contribution in [0.5, 0.6) is 5.75 Å². The molecule has 0 saturated carbocycles. The molecule has 3 aromatic rings. The van der Waals surface area contributed by atoms with Crippen LogP contribution < -0.4 is 9.64 Å². The molecule has 1 aliphatic rings. The molecule has 0 aliphatic carbocycles. The molecule has 0 atom stereocenters. The van der Waals surface area contributed by atoms with Crippen molar-refractivity contribution in [3.63, 3.8) is 0 Å². The fourth-order valence-electron chi connectivity index (χ4n) is 3.46. The first-order valence-corrected chi connectivity index (χ1v) is 9.62. The van der Waals surface area contributed by atoms with Crippen LogP contribution in [0.1, 0.15) is 10.4 Å². The summed E-state index contributed by atoms with van der Waals surface area (Å²) in [6, 6.07) is 12.0. The topological polar surface area (TPSA) is 50.6 Å². The highest BCUT2D eigenvalue weighted by Crippen LogP contribution is 2.25. The van der Waals surface area contributed by atoms with Gasteiger partial charge in [0.25, 0.3) is 5.91 Å². The highest BCUT2D eigenvalue weighted by Gasteiger charge is 2.27. The zero-order valence-corrected chi connectivity index (χ0v) is 16.6. The predicted octanol–water partition coefficient (Wildman–Crippen LogP) is 3.64. The van der Waals surface area contributed by atoms with Gasteiger partial charge in [0.15, 0.2) is 0 Å². The number of hydrogen-bond acceptors (Lipinski definition) is 4. The minimum absolute atomic E-state index is 0.0690. The van der Waals surface area contributed by atoms with Crippen LogP contribution in [0.4, 0.5) is 10.3 Å². The van der Waals surface area contributed by atoms with Crippen LogP contribution in [0.25, 0.3) is 5.69 Å². The van der Waals surface area contributed by atoms with Gasteiger partial charge in [-0.05, 0) is 24.3 Å². The second-order valence-corrected chi connectivity index (χ2v) is 7.08. The van der Waals surface area contributed by atoms with E-state index in [2.05, 4.69) is 9.88 Å². The molecule has 1 aliphatic heterocycles. The third-order valence-corrected chi connectivity index (χ3v) is 5.29. The van der Waals surface area contributed by atoms with Crippen LogP contribution in [0.3, 0.4) is 0 Å². The largest absolute Gasteiger partial charge is 0.497 e. The fraction of sp³-hybridized carbons (Fsp3) is 0.238. The number of imidazole rings is 1. The normalized spacial score (nSPS) is 14.2. The zero-order chi connectivity index (χ0) is 20.4. The van der Waals surface area contributed by atoms with E-state index in [9.17, 15) is 9.18 Å². The molecule has 150 valence electrons. The number of carbonyl (C=O) groups is 1. The Morgan fingerprint density at radius 3 is 2.62 bits per heavy atom. The van der Waals surface area contributed by atoms with Crippen molar-refractivity contribution in [3.8, 4) is 11.4 Å². The summed E-state index contributed by atoms with van der Waals surface area (Å²) < 4.78 is 21.4. The van der Waals surface area contributed by atoms with Crippen LogP contribution in [0.2, 0.25) is 5.02 Å². The lowest BCUT2D eigenvalue weighted by Crippen LogP contribution is -2.49. The summed E-state index contributed by atoms with van der Waals surface area (Å²) in [7, 11) is 1.63. The molecule has 0 unspecified atom stereocenters. The van der Waals surface area contributed by atoms with E-state index in [1.807, 2.05) is 35.0 Å². The van der Waals surface area contributed by atoms with E-state index in [1.54, 1.807) is 18.2 Å². The van der Waals surface area contributed by atoms with Gasteiger partial charge in [0.2, 0.25) is 5.95 Å². The molecule has 1 amide bonds. The predicted molar refractivity (Wildman–Crippen MR) is 110 cm³/mol. The number of hydrogen-bond donors (Lipinski definition) is 0. The number of ether oxygens (including phenoxy) is 1. The summed E-state index contributed by atoms with van der Waals surface area (Å²) in [5.41, 5.74) is 0.869. The summed E-state index contributed by atoms with van der Waals surface area (Å²) in [5, 5.41) is 0.131. The first-order chi connectivity index (χ1) is 14.1. The van der Waals surface area contributed by atoms with Crippen molar-refractivity contribution in [1.29, 1.82) is 0 Å². The molecule has 1 aromatic heterocycles. The van der Waals surface area contributed by atoms with Gasteiger partial charge in [0.1, 0.15) is 11.6 Å². The molecule has 1 saturated heterocycles. The van der Waals surface area contributed by atoms with Crippen molar-refractivity contribution < 1.29 is 13.9 Å². The summed E-state index contributed by atoms with van der Waals surface area (Å²) in [6.07, 6.45) is 3.63. The van der Waals surface area contributed by atoms with Crippen LogP contribution in [-0.4, -0.2) is 53.6 Å². The maximum absolute atomic E-state index is 14.1. The molecule has 1 fully saturated rings. The van der Waals surface area contributed by atoms with Gasteiger partial charge in [0, 0.05) is 44.6 Å². The van der Waals surface area contributed by atoms with E-state index in [0.717, 1.165) is 17.4 Å². The number of piperazine rings is 1. The number of anilines is 1. The smallest absolute Gasteiger partial charge is 0.258 e. The molecule has 4 rings (SSSR count). The van der Waals surface area contributed by atoms with Gasteiger partial charge >= 0.3 is 0 Å². The third-order valence-electron chi connectivity index (χ3n) is 4.98. The molecule has 0 radical (unpaired) electrons. The summed E-state index contributed by atoms with van der Waals surface area (Å²) >= 11 is 6.05. The van der Waals surface area contributed by atoms with Crippen LogP contribution in [0.15, 0.2) is 54.9 Å². The number of benzene rings is 2. The number of aromatic nitrogens is 2. The first-order valence-electron chi connectivity index (χ1n) is 9.24. The van der Waals surface area contributed by atoms with Crippen LogP contribution in [-0.2, 0) is 0 Å². The van der Waals surface area contributed by atoms with Crippen LogP contribution >= 0.6 is 11.6 Å². The van der Waals surface area contributed by atoms with Crippen LogP contribution in [0, 0.1) is 5.82 Å². The molecule has 29 heavy (non-hydrogen) atoms. The van der Waals surface area contributed by atoms with Gasteiger partial charge in [-0.3, -0.25) is 9.36 Å². The van der Waals surface area contributed by atoms with Gasteiger partial charge in [0.05, 0.1) is 23.4 Å². The van der Waals surface area contributed by atoms with E-state index in [4.69, 9.17) is 16.3 Å². The minimum atomic E-state index is -0.599. The molecule has 8 heteroatoms. The van der Waals surface area contributed by atoms with Crippen molar-refractivity contribution in [1.82, 2.24) is 14.5 Å². The molecular weight excluding hydrogens is 395 g/mol. The molecule has 6 nitrogen and oxygen atoms in total. The fourth-order valence-corrected chi connectivity index (χ4v) is 3.71. The Balaban J connectivity index is 1.50. The lowest BCUT2D eigenvalue weighted by molar-refractivity contribution is 0.0741. The van der Waals surface area contributed by atoms with E-state index in [0.29, 0.717) is 26.2 Å². The Kier molecular flexibility index (Phi) is 5.40. The number of halogens is 2. The van der Waals surface area contributed by atoms with Crippen molar-refractivity contribution in [3.05, 3.63) is 71.3 Å². The van der Waals surface area contributed by atoms with Crippen molar-refractivity contribution in [2.75, 3.05) is 38.2 Å². The second kappa shape index (κ2) is 8.13. The van der Waals surface area contributed by atoms with E-state index >= 15 is 0 Å². The highest BCUT2D eigenvalue weighted by atomic mass is 35.5. The Morgan fingerprint density at radius 2 is 1.90 bits per heavy atom.